The number of carbonyl (C=O) groups excluding carboxylic acids is 1. The summed E-state index contributed by atoms with van der Waals surface area (Å²) in [6.45, 7) is 3.24. The van der Waals surface area contributed by atoms with Gasteiger partial charge in [-0.15, -0.1) is 0 Å². The van der Waals surface area contributed by atoms with Crippen LogP contribution in [0.5, 0.6) is 11.5 Å². The number of benzene rings is 2. The van der Waals surface area contributed by atoms with Gasteiger partial charge < -0.3 is 14.8 Å². The Kier molecular flexibility index (Phi) is 5.82. The molecule has 0 aromatic heterocycles. The molecule has 1 atom stereocenters. The number of hydrogen-bond donors (Lipinski definition) is 1. The molecule has 0 spiro atoms. The van der Waals surface area contributed by atoms with E-state index in [0.717, 1.165) is 5.56 Å². The highest BCUT2D eigenvalue weighted by Crippen LogP contribution is 2.29. The maximum absolute atomic E-state index is 12.3. The molecule has 2 rings (SSSR count). The number of amides is 1. The van der Waals surface area contributed by atoms with Crippen molar-refractivity contribution >= 4 is 28.9 Å². The second-order valence-electron chi connectivity index (χ2n) is 5.33. The minimum absolute atomic E-state index is 0.0333. The van der Waals surface area contributed by atoms with Crippen molar-refractivity contribution in [3.8, 4) is 11.5 Å². The molecule has 0 fully saturated rings. The molecule has 8 heteroatoms. The highest BCUT2D eigenvalue weighted by atomic mass is 35.5. The summed E-state index contributed by atoms with van der Waals surface area (Å²) in [6.07, 6.45) is -0.942. The van der Waals surface area contributed by atoms with Crippen LogP contribution in [0.2, 0.25) is 5.02 Å². The summed E-state index contributed by atoms with van der Waals surface area (Å²) >= 11 is 6.01. The first-order chi connectivity index (χ1) is 11.8. The topological polar surface area (TPSA) is 90.7 Å². The Morgan fingerprint density at radius 3 is 2.52 bits per heavy atom. The molecule has 2 aromatic rings. The monoisotopic (exact) mass is 364 g/mol. The van der Waals surface area contributed by atoms with E-state index in [1.54, 1.807) is 31.2 Å². The van der Waals surface area contributed by atoms with Crippen molar-refractivity contribution in [3.05, 3.63) is 57.1 Å². The van der Waals surface area contributed by atoms with Crippen molar-refractivity contribution < 1.29 is 19.2 Å². The number of aryl methyl sites for hydroxylation is 1. The molecule has 7 nitrogen and oxygen atoms in total. The Morgan fingerprint density at radius 1 is 1.24 bits per heavy atom. The van der Waals surface area contributed by atoms with Gasteiger partial charge in [0.15, 0.2) is 11.9 Å². The summed E-state index contributed by atoms with van der Waals surface area (Å²) in [7, 11) is 1.49. The van der Waals surface area contributed by atoms with Crippen molar-refractivity contribution in [2.75, 3.05) is 12.4 Å². The minimum atomic E-state index is -0.942. The highest BCUT2D eigenvalue weighted by molar-refractivity contribution is 6.32. The molecule has 0 aliphatic carbocycles. The number of anilines is 1. The molecule has 2 aromatic carbocycles. The predicted octanol–water partition coefficient (Wildman–Crippen LogP) is 3.97. The predicted molar refractivity (Wildman–Crippen MR) is 94.6 cm³/mol. The van der Waals surface area contributed by atoms with E-state index in [1.165, 1.54) is 26.2 Å². The van der Waals surface area contributed by atoms with E-state index in [4.69, 9.17) is 21.1 Å². The van der Waals surface area contributed by atoms with Crippen molar-refractivity contribution in [1.29, 1.82) is 0 Å². The summed E-state index contributed by atoms with van der Waals surface area (Å²) in [5, 5.41) is 14.1. The van der Waals surface area contributed by atoms with Gasteiger partial charge in [0, 0.05) is 11.8 Å². The van der Waals surface area contributed by atoms with Gasteiger partial charge in [0.1, 0.15) is 5.75 Å². The number of nitro groups is 1. The molecule has 0 saturated heterocycles. The number of rotatable bonds is 6. The van der Waals surface area contributed by atoms with Gasteiger partial charge in [0.25, 0.3) is 5.91 Å². The van der Waals surface area contributed by atoms with Crippen molar-refractivity contribution in [2.45, 2.75) is 20.0 Å². The third-order valence-corrected chi connectivity index (χ3v) is 3.70. The first-order valence-corrected chi connectivity index (χ1v) is 7.75. The van der Waals surface area contributed by atoms with E-state index in [-0.39, 0.29) is 11.4 Å². The first kappa shape index (κ1) is 18.5. The second-order valence-corrected chi connectivity index (χ2v) is 5.73. The summed E-state index contributed by atoms with van der Waals surface area (Å²) in [4.78, 5) is 22.8. The highest BCUT2D eigenvalue weighted by Gasteiger charge is 2.21. The van der Waals surface area contributed by atoms with Gasteiger partial charge in [-0.25, -0.2) is 0 Å². The Morgan fingerprint density at radius 2 is 1.92 bits per heavy atom. The lowest BCUT2D eigenvalue weighted by molar-refractivity contribution is -0.386. The Balaban J connectivity index is 2.11. The average molecular weight is 365 g/mol. The second kappa shape index (κ2) is 7.85. The molecular formula is C17H17ClN2O5. The summed E-state index contributed by atoms with van der Waals surface area (Å²) < 4.78 is 10.5. The lowest BCUT2D eigenvalue weighted by Crippen LogP contribution is -2.30. The molecule has 1 amide bonds. The number of hydrogen-bond acceptors (Lipinski definition) is 5. The lowest BCUT2D eigenvalue weighted by Gasteiger charge is -2.15. The standard InChI is InChI=1S/C17H17ClN2O5/c1-10-4-6-16(14(8-10)20(22)23)25-11(2)17(21)19-12-5-7-15(24-3)13(18)9-12/h4-9,11H,1-3H3,(H,19,21)/t11-/m1/s1. The molecular weight excluding hydrogens is 348 g/mol. The third kappa shape index (κ3) is 4.60. The smallest absolute Gasteiger partial charge is 0.311 e. The lowest BCUT2D eigenvalue weighted by atomic mass is 10.2. The van der Waals surface area contributed by atoms with Gasteiger partial charge in [0.2, 0.25) is 0 Å². The molecule has 0 saturated carbocycles. The molecule has 0 unspecified atom stereocenters. The summed E-state index contributed by atoms with van der Waals surface area (Å²) in [5.41, 5.74) is 1.00. The molecule has 25 heavy (non-hydrogen) atoms. The van der Waals surface area contributed by atoms with Crippen LogP contribution in [0.15, 0.2) is 36.4 Å². The number of nitrogens with zero attached hydrogens (tertiary/aromatic N) is 1. The van der Waals surface area contributed by atoms with Gasteiger partial charge in [-0.2, -0.15) is 0 Å². The quantitative estimate of drug-likeness (QED) is 0.618. The zero-order valence-electron chi connectivity index (χ0n) is 13.9. The van der Waals surface area contributed by atoms with Gasteiger partial charge in [-0.1, -0.05) is 17.7 Å². The average Bonchev–Trinajstić information content (AvgIpc) is 2.56. The fourth-order valence-electron chi connectivity index (χ4n) is 2.10. The van der Waals surface area contributed by atoms with E-state index in [9.17, 15) is 14.9 Å². The zero-order chi connectivity index (χ0) is 18.6. The van der Waals surface area contributed by atoms with E-state index >= 15 is 0 Å². The van der Waals surface area contributed by atoms with Crippen LogP contribution in [0.4, 0.5) is 11.4 Å². The van der Waals surface area contributed by atoms with Crippen LogP contribution in [-0.4, -0.2) is 24.0 Å². The molecule has 0 radical (unpaired) electrons. The Labute approximate surface area is 149 Å². The van der Waals surface area contributed by atoms with E-state index in [2.05, 4.69) is 5.32 Å². The van der Waals surface area contributed by atoms with Gasteiger partial charge in [-0.05, 0) is 43.7 Å². The summed E-state index contributed by atoms with van der Waals surface area (Å²) in [5.74, 6) is 0.0568. The molecule has 0 aliphatic heterocycles. The molecule has 0 heterocycles. The molecule has 0 aliphatic rings. The number of ether oxygens (including phenoxy) is 2. The van der Waals surface area contributed by atoms with Crippen LogP contribution in [0.25, 0.3) is 0 Å². The number of nitro benzene ring substituents is 1. The third-order valence-electron chi connectivity index (χ3n) is 3.40. The van der Waals surface area contributed by atoms with Crippen LogP contribution in [0.1, 0.15) is 12.5 Å². The van der Waals surface area contributed by atoms with Crippen molar-refractivity contribution in [2.24, 2.45) is 0 Å². The van der Waals surface area contributed by atoms with Crippen LogP contribution in [0.3, 0.4) is 0 Å². The Hall–Kier alpha value is -2.80. The maximum atomic E-state index is 12.3. The summed E-state index contributed by atoms with van der Waals surface area (Å²) in [6, 6.07) is 9.33. The van der Waals surface area contributed by atoms with Crippen LogP contribution >= 0.6 is 11.6 Å². The first-order valence-electron chi connectivity index (χ1n) is 7.38. The van der Waals surface area contributed by atoms with Crippen molar-refractivity contribution in [3.63, 3.8) is 0 Å². The minimum Gasteiger partial charge on any atom is -0.495 e. The SMILES string of the molecule is COc1ccc(NC(=O)[C@@H](C)Oc2ccc(C)cc2[N+](=O)[O-])cc1Cl. The normalized spacial score (nSPS) is 11.5. The number of methoxy groups -OCH3 is 1. The zero-order valence-corrected chi connectivity index (χ0v) is 14.7. The molecule has 1 N–H and O–H groups in total. The number of nitrogens with one attached hydrogen (secondary N) is 1. The van der Waals surface area contributed by atoms with Gasteiger partial charge in [-0.3, -0.25) is 14.9 Å². The van der Waals surface area contributed by atoms with Crippen LogP contribution < -0.4 is 14.8 Å². The fraction of sp³-hybridized carbons (Fsp3) is 0.235. The van der Waals surface area contributed by atoms with E-state index < -0.39 is 16.9 Å². The number of carbonyl (C=O) groups is 1. The van der Waals surface area contributed by atoms with E-state index in [1.807, 2.05) is 0 Å². The molecule has 0 bridgehead atoms. The largest absolute Gasteiger partial charge is 0.495 e. The molecule has 132 valence electrons. The van der Waals surface area contributed by atoms with Crippen LogP contribution in [0, 0.1) is 17.0 Å². The fourth-order valence-corrected chi connectivity index (χ4v) is 2.36. The van der Waals surface area contributed by atoms with E-state index in [0.29, 0.717) is 16.5 Å². The Bertz CT molecular complexity index is 810. The number of halogens is 1. The van der Waals surface area contributed by atoms with Crippen molar-refractivity contribution in [1.82, 2.24) is 0 Å². The van der Waals surface area contributed by atoms with Gasteiger partial charge in [0.05, 0.1) is 17.1 Å². The van der Waals surface area contributed by atoms with Crippen LogP contribution in [-0.2, 0) is 4.79 Å². The maximum Gasteiger partial charge on any atom is 0.311 e. The van der Waals surface area contributed by atoms with Gasteiger partial charge >= 0.3 is 5.69 Å².